The number of hydrogen-bond acceptors (Lipinski definition) is 4. The third-order valence-electron chi connectivity index (χ3n) is 2.15. The van der Waals surface area contributed by atoms with Gasteiger partial charge in [0, 0.05) is 10.4 Å². The van der Waals surface area contributed by atoms with E-state index in [0.29, 0.717) is 16.0 Å². The lowest BCUT2D eigenvalue weighted by Crippen LogP contribution is -2.12. The van der Waals surface area contributed by atoms with Crippen LogP contribution in [0.4, 0.5) is 0 Å². The normalized spacial score (nSPS) is 12.1. The number of furan rings is 1. The number of halogens is 1. The van der Waals surface area contributed by atoms with Crippen LogP contribution in [-0.4, -0.2) is 12.1 Å². The zero-order valence-electron chi connectivity index (χ0n) is 8.94. The Hall–Kier alpha value is -1.99. The minimum atomic E-state index is -0.806. The van der Waals surface area contributed by atoms with Crippen LogP contribution in [0, 0.1) is 11.3 Å². The number of hydrogen-bond donors (Lipinski definition) is 0. The van der Waals surface area contributed by atoms with Crippen molar-refractivity contribution in [3.63, 3.8) is 0 Å². The molecule has 2 aromatic rings. The first-order valence-electron chi connectivity index (χ1n) is 4.90. The van der Waals surface area contributed by atoms with Crippen molar-refractivity contribution >= 4 is 28.5 Å². The highest BCUT2D eigenvalue weighted by atomic mass is 35.5. The fourth-order valence-electron chi connectivity index (χ4n) is 1.36. The third-order valence-corrected chi connectivity index (χ3v) is 2.38. The van der Waals surface area contributed by atoms with Gasteiger partial charge in [-0.25, -0.2) is 4.79 Å². The topological polar surface area (TPSA) is 63.2 Å². The Balaban J connectivity index is 2.31. The summed E-state index contributed by atoms with van der Waals surface area (Å²) in [5.74, 6) is -0.601. The van der Waals surface area contributed by atoms with Crippen LogP contribution >= 0.6 is 11.6 Å². The summed E-state index contributed by atoms with van der Waals surface area (Å²) in [7, 11) is 0. The molecular formula is C12H8ClNO3. The first kappa shape index (κ1) is 11.5. The summed E-state index contributed by atoms with van der Waals surface area (Å²) in [5, 5.41) is 9.81. The maximum absolute atomic E-state index is 11.6. The predicted octanol–water partition coefficient (Wildman–Crippen LogP) is 3.16. The van der Waals surface area contributed by atoms with Gasteiger partial charge in [-0.2, -0.15) is 5.26 Å². The van der Waals surface area contributed by atoms with Crippen molar-refractivity contribution in [2.45, 2.75) is 13.0 Å². The van der Waals surface area contributed by atoms with E-state index >= 15 is 0 Å². The second kappa shape index (κ2) is 4.48. The van der Waals surface area contributed by atoms with Gasteiger partial charge in [-0.05, 0) is 31.2 Å². The number of benzene rings is 1. The molecule has 0 aliphatic heterocycles. The van der Waals surface area contributed by atoms with Crippen LogP contribution in [0.2, 0.25) is 5.02 Å². The van der Waals surface area contributed by atoms with Crippen LogP contribution in [0.15, 0.2) is 28.7 Å². The first-order valence-corrected chi connectivity index (χ1v) is 5.27. The van der Waals surface area contributed by atoms with Gasteiger partial charge in [0.1, 0.15) is 11.7 Å². The Morgan fingerprint density at radius 3 is 3.00 bits per heavy atom. The number of rotatable bonds is 2. The maximum atomic E-state index is 11.6. The van der Waals surface area contributed by atoms with Crippen molar-refractivity contribution in [2.75, 3.05) is 0 Å². The molecule has 2 rings (SSSR count). The summed E-state index contributed by atoms with van der Waals surface area (Å²) in [6.45, 7) is 1.48. The SMILES string of the molecule is C[C@@H](C#N)OC(=O)c1cc2cc(Cl)ccc2o1. The van der Waals surface area contributed by atoms with Gasteiger partial charge in [0.25, 0.3) is 0 Å². The molecule has 0 aliphatic carbocycles. The molecule has 1 aromatic carbocycles. The summed E-state index contributed by atoms with van der Waals surface area (Å²) < 4.78 is 10.1. The molecule has 1 aromatic heterocycles. The Labute approximate surface area is 102 Å². The van der Waals surface area contributed by atoms with E-state index in [-0.39, 0.29) is 5.76 Å². The Morgan fingerprint density at radius 1 is 1.53 bits per heavy atom. The van der Waals surface area contributed by atoms with Crippen molar-refractivity contribution in [3.05, 3.63) is 35.0 Å². The predicted molar refractivity (Wildman–Crippen MR) is 61.7 cm³/mol. The summed E-state index contributed by atoms with van der Waals surface area (Å²) in [4.78, 5) is 11.6. The van der Waals surface area contributed by atoms with Crippen LogP contribution in [-0.2, 0) is 4.74 Å². The molecule has 0 spiro atoms. The second-order valence-electron chi connectivity index (χ2n) is 3.47. The van der Waals surface area contributed by atoms with Gasteiger partial charge >= 0.3 is 5.97 Å². The smallest absolute Gasteiger partial charge is 0.375 e. The fourth-order valence-corrected chi connectivity index (χ4v) is 1.54. The molecular weight excluding hydrogens is 242 g/mol. The van der Waals surface area contributed by atoms with E-state index in [4.69, 9.17) is 26.0 Å². The number of carbonyl (C=O) groups excluding carboxylic acids is 1. The molecule has 0 saturated heterocycles. The minimum Gasteiger partial charge on any atom is -0.449 e. The van der Waals surface area contributed by atoms with Gasteiger partial charge in [0.05, 0.1) is 0 Å². The zero-order valence-corrected chi connectivity index (χ0v) is 9.69. The summed E-state index contributed by atoms with van der Waals surface area (Å²) in [5.41, 5.74) is 0.547. The molecule has 1 atom stereocenters. The number of esters is 1. The van der Waals surface area contributed by atoms with Crippen molar-refractivity contribution in [2.24, 2.45) is 0 Å². The third kappa shape index (κ3) is 2.40. The van der Waals surface area contributed by atoms with E-state index in [2.05, 4.69) is 0 Å². The van der Waals surface area contributed by atoms with Gasteiger partial charge < -0.3 is 9.15 Å². The number of nitriles is 1. The van der Waals surface area contributed by atoms with E-state index in [1.54, 1.807) is 24.3 Å². The Bertz CT molecular complexity index is 612. The molecule has 17 heavy (non-hydrogen) atoms. The minimum absolute atomic E-state index is 0.0596. The fraction of sp³-hybridized carbons (Fsp3) is 0.167. The molecule has 86 valence electrons. The largest absolute Gasteiger partial charge is 0.449 e. The quantitative estimate of drug-likeness (QED) is 0.767. The monoisotopic (exact) mass is 249 g/mol. The highest BCUT2D eigenvalue weighted by molar-refractivity contribution is 6.31. The van der Waals surface area contributed by atoms with Crippen molar-refractivity contribution < 1.29 is 13.9 Å². The lowest BCUT2D eigenvalue weighted by Gasteiger charge is -2.02. The van der Waals surface area contributed by atoms with E-state index < -0.39 is 12.1 Å². The molecule has 0 bridgehead atoms. The van der Waals surface area contributed by atoms with E-state index in [1.165, 1.54) is 13.0 Å². The van der Waals surface area contributed by atoms with Crippen LogP contribution in [0.5, 0.6) is 0 Å². The van der Waals surface area contributed by atoms with Crippen LogP contribution in [0.1, 0.15) is 17.5 Å². The van der Waals surface area contributed by atoms with Crippen LogP contribution < -0.4 is 0 Å². The summed E-state index contributed by atoms with van der Waals surface area (Å²) >= 11 is 5.81. The van der Waals surface area contributed by atoms with Gasteiger partial charge in [0.2, 0.25) is 5.76 Å². The van der Waals surface area contributed by atoms with Gasteiger partial charge in [0.15, 0.2) is 6.10 Å². The average molecular weight is 250 g/mol. The summed E-state index contributed by atoms with van der Waals surface area (Å²) in [6.07, 6.45) is -0.806. The van der Waals surface area contributed by atoms with Gasteiger partial charge in [-0.3, -0.25) is 0 Å². The van der Waals surface area contributed by atoms with Gasteiger partial charge in [-0.15, -0.1) is 0 Å². The number of ether oxygens (including phenoxy) is 1. The average Bonchev–Trinajstić information content (AvgIpc) is 2.71. The van der Waals surface area contributed by atoms with E-state index in [9.17, 15) is 4.79 Å². The van der Waals surface area contributed by atoms with Crippen LogP contribution in [0.25, 0.3) is 11.0 Å². The van der Waals surface area contributed by atoms with E-state index in [1.807, 2.05) is 0 Å². The Morgan fingerprint density at radius 2 is 2.29 bits per heavy atom. The number of fused-ring (bicyclic) bond motifs is 1. The zero-order chi connectivity index (χ0) is 12.4. The Kier molecular flexibility index (Phi) is 3.03. The molecule has 0 radical (unpaired) electrons. The number of nitrogens with zero attached hydrogens (tertiary/aromatic N) is 1. The van der Waals surface area contributed by atoms with Crippen LogP contribution in [0.3, 0.4) is 0 Å². The van der Waals surface area contributed by atoms with Crippen molar-refractivity contribution in [1.29, 1.82) is 5.26 Å². The molecule has 0 amide bonds. The molecule has 0 fully saturated rings. The van der Waals surface area contributed by atoms with E-state index in [0.717, 1.165) is 0 Å². The summed E-state index contributed by atoms with van der Waals surface area (Å²) in [6, 6.07) is 8.36. The molecule has 1 heterocycles. The molecule has 0 unspecified atom stereocenters. The van der Waals surface area contributed by atoms with Crippen molar-refractivity contribution in [1.82, 2.24) is 0 Å². The standard InChI is InChI=1S/C12H8ClNO3/c1-7(6-14)16-12(15)11-5-8-4-9(13)2-3-10(8)17-11/h2-5,7H,1H3/t7-/m0/s1. The maximum Gasteiger partial charge on any atom is 0.375 e. The van der Waals surface area contributed by atoms with Gasteiger partial charge in [-0.1, -0.05) is 11.6 Å². The molecule has 0 aliphatic rings. The van der Waals surface area contributed by atoms with Crippen molar-refractivity contribution in [3.8, 4) is 6.07 Å². The number of carbonyl (C=O) groups is 1. The molecule has 0 N–H and O–H groups in total. The lowest BCUT2D eigenvalue weighted by atomic mass is 10.2. The molecule has 4 nitrogen and oxygen atoms in total. The second-order valence-corrected chi connectivity index (χ2v) is 3.91. The highest BCUT2D eigenvalue weighted by Gasteiger charge is 2.16. The molecule has 0 saturated carbocycles. The lowest BCUT2D eigenvalue weighted by molar-refractivity contribution is 0.0401. The first-order chi connectivity index (χ1) is 8.10. The highest BCUT2D eigenvalue weighted by Crippen LogP contribution is 2.23. The molecule has 5 heteroatoms.